The number of hydrogen-bond acceptors (Lipinski definition) is 6. The number of carbonyl (C=O) groups excluding carboxylic acids is 1. The highest BCUT2D eigenvalue weighted by Gasteiger charge is 2.36. The van der Waals surface area contributed by atoms with E-state index in [1.165, 1.54) is 33.9 Å². The molecule has 2 aromatic carbocycles. The van der Waals surface area contributed by atoms with Crippen molar-refractivity contribution in [1.29, 1.82) is 0 Å². The summed E-state index contributed by atoms with van der Waals surface area (Å²) in [5, 5.41) is 0. The van der Waals surface area contributed by atoms with Gasteiger partial charge >= 0.3 is 16.2 Å². The van der Waals surface area contributed by atoms with Gasteiger partial charge in [0.25, 0.3) is 0 Å². The first-order valence-corrected chi connectivity index (χ1v) is 12.2. The lowest BCUT2D eigenvalue weighted by Crippen LogP contribution is -2.59. The van der Waals surface area contributed by atoms with Crippen molar-refractivity contribution in [3.63, 3.8) is 0 Å². The van der Waals surface area contributed by atoms with Crippen molar-refractivity contribution in [1.82, 2.24) is 9.21 Å². The summed E-state index contributed by atoms with van der Waals surface area (Å²) >= 11 is 0. The van der Waals surface area contributed by atoms with Crippen molar-refractivity contribution in [2.24, 2.45) is 0 Å². The summed E-state index contributed by atoms with van der Waals surface area (Å²) in [6, 6.07) is 11.2. The largest absolute Gasteiger partial charge is 0.465 e. The molecule has 0 radical (unpaired) electrons. The highest BCUT2D eigenvalue weighted by Crippen LogP contribution is 2.27. The molecule has 0 aromatic heterocycles. The van der Waals surface area contributed by atoms with Gasteiger partial charge in [-0.15, -0.1) is 0 Å². The van der Waals surface area contributed by atoms with Crippen LogP contribution < -0.4 is 4.31 Å². The molecule has 0 spiro atoms. The molecular formula is C23H28FN3O5S. The van der Waals surface area contributed by atoms with Crippen LogP contribution in [-0.4, -0.2) is 76.1 Å². The van der Waals surface area contributed by atoms with Gasteiger partial charge in [0.1, 0.15) is 5.82 Å². The van der Waals surface area contributed by atoms with Crippen LogP contribution in [0.1, 0.15) is 21.5 Å². The standard InChI is InChI=1S/C23H28FN3O5S/c1-17-13-20(7-8-22(17)24)27(14-18-3-5-19(6-4-18)23(28)31-2)33(29,30)26-11-9-25(10-12-26)21-15-32-16-21/h3-8,13,21H,9-12,14-16H2,1-2H3. The van der Waals surface area contributed by atoms with Crippen molar-refractivity contribution in [2.45, 2.75) is 19.5 Å². The fraction of sp³-hybridized carbons (Fsp3) is 0.435. The normalized spacial score (nSPS) is 18.0. The van der Waals surface area contributed by atoms with Gasteiger partial charge in [-0.1, -0.05) is 12.1 Å². The maximum atomic E-state index is 13.9. The van der Waals surface area contributed by atoms with Crippen LogP contribution >= 0.6 is 0 Å². The smallest absolute Gasteiger partial charge is 0.337 e. The van der Waals surface area contributed by atoms with Gasteiger partial charge in [-0.05, 0) is 48.4 Å². The quantitative estimate of drug-likeness (QED) is 0.569. The third kappa shape index (κ3) is 5.03. The monoisotopic (exact) mass is 477 g/mol. The van der Waals surface area contributed by atoms with Crippen molar-refractivity contribution in [2.75, 3.05) is 50.8 Å². The lowest BCUT2D eigenvalue weighted by atomic mass is 10.1. The highest BCUT2D eigenvalue weighted by atomic mass is 32.2. The van der Waals surface area contributed by atoms with E-state index in [-0.39, 0.29) is 6.54 Å². The van der Waals surface area contributed by atoms with Gasteiger partial charge in [0, 0.05) is 26.2 Å². The molecule has 2 aliphatic rings. The average molecular weight is 478 g/mol. The number of methoxy groups -OCH3 is 1. The first-order chi connectivity index (χ1) is 15.8. The summed E-state index contributed by atoms with van der Waals surface area (Å²) < 4.78 is 54.1. The zero-order valence-electron chi connectivity index (χ0n) is 18.7. The molecule has 2 heterocycles. The van der Waals surface area contributed by atoms with Crippen LogP contribution in [0.25, 0.3) is 0 Å². The van der Waals surface area contributed by atoms with E-state index in [9.17, 15) is 17.6 Å². The summed E-state index contributed by atoms with van der Waals surface area (Å²) in [6.45, 7) is 5.05. The molecule has 0 bridgehead atoms. The zero-order valence-corrected chi connectivity index (χ0v) is 19.6. The van der Waals surface area contributed by atoms with Gasteiger partial charge in [-0.3, -0.25) is 9.21 Å². The van der Waals surface area contributed by atoms with Crippen LogP contribution in [0.3, 0.4) is 0 Å². The topological polar surface area (TPSA) is 79.4 Å². The van der Waals surface area contributed by atoms with E-state index < -0.39 is 22.0 Å². The highest BCUT2D eigenvalue weighted by molar-refractivity contribution is 7.90. The van der Waals surface area contributed by atoms with Crippen LogP contribution in [0.5, 0.6) is 0 Å². The number of hydrogen-bond donors (Lipinski definition) is 0. The van der Waals surface area contributed by atoms with Crippen molar-refractivity contribution >= 4 is 21.9 Å². The Labute approximate surface area is 193 Å². The summed E-state index contributed by atoms with van der Waals surface area (Å²) in [4.78, 5) is 14.0. The summed E-state index contributed by atoms with van der Waals surface area (Å²) in [5.41, 5.74) is 1.83. The van der Waals surface area contributed by atoms with Gasteiger partial charge in [0.15, 0.2) is 0 Å². The minimum atomic E-state index is -3.88. The second-order valence-electron chi connectivity index (χ2n) is 8.26. The molecule has 2 aromatic rings. The molecule has 0 N–H and O–H groups in total. The predicted octanol–water partition coefficient (Wildman–Crippen LogP) is 2.19. The number of esters is 1. The van der Waals surface area contributed by atoms with Crippen LogP contribution in [0.15, 0.2) is 42.5 Å². The second-order valence-corrected chi connectivity index (χ2v) is 10.1. The molecule has 0 aliphatic carbocycles. The van der Waals surface area contributed by atoms with E-state index in [0.29, 0.717) is 67.8 Å². The molecule has 4 rings (SSSR count). The molecule has 33 heavy (non-hydrogen) atoms. The number of ether oxygens (including phenoxy) is 2. The maximum absolute atomic E-state index is 13.9. The van der Waals surface area contributed by atoms with Crippen molar-refractivity contribution < 1.29 is 27.1 Å². The van der Waals surface area contributed by atoms with E-state index in [4.69, 9.17) is 9.47 Å². The fourth-order valence-electron chi connectivity index (χ4n) is 3.99. The molecule has 0 atom stereocenters. The van der Waals surface area contributed by atoms with Crippen LogP contribution in [0.4, 0.5) is 10.1 Å². The third-order valence-electron chi connectivity index (χ3n) is 6.15. The SMILES string of the molecule is COC(=O)c1ccc(CN(c2ccc(F)c(C)c2)S(=O)(=O)N2CCN(C3COC3)CC2)cc1. The van der Waals surface area contributed by atoms with Crippen molar-refractivity contribution in [3.05, 3.63) is 65.0 Å². The maximum Gasteiger partial charge on any atom is 0.337 e. The zero-order chi connectivity index (χ0) is 23.6. The van der Waals surface area contributed by atoms with Crippen molar-refractivity contribution in [3.8, 4) is 0 Å². The number of halogens is 1. The Balaban J connectivity index is 1.59. The van der Waals surface area contributed by atoms with Crippen LogP contribution in [-0.2, 0) is 26.2 Å². The van der Waals surface area contributed by atoms with Gasteiger partial charge in [0.2, 0.25) is 0 Å². The third-order valence-corrected chi connectivity index (χ3v) is 8.06. The molecule has 178 valence electrons. The predicted molar refractivity (Wildman–Crippen MR) is 122 cm³/mol. The minimum Gasteiger partial charge on any atom is -0.465 e. The molecule has 0 amide bonds. The Bertz CT molecular complexity index is 1100. The number of rotatable bonds is 7. The summed E-state index contributed by atoms with van der Waals surface area (Å²) in [5.74, 6) is -0.857. The van der Waals surface area contributed by atoms with Crippen LogP contribution in [0, 0.1) is 12.7 Å². The Hall–Kier alpha value is -2.53. The Kier molecular flexibility index (Phi) is 6.99. The first kappa shape index (κ1) is 23.6. The van der Waals surface area contributed by atoms with E-state index in [1.54, 1.807) is 31.2 Å². The summed E-state index contributed by atoms with van der Waals surface area (Å²) in [7, 11) is -2.57. The lowest BCUT2D eigenvalue weighted by Gasteiger charge is -2.43. The number of piperazine rings is 1. The number of aryl methyl sites for hydroxylation is 1. The van der Waals surface area contributed by atoms with E-state index >= 15 is 0 Å². The Morgan fingerprint density at radius 2 is 1.79 bits per heavy atom. The fourth-order valence-corrected chi connectivity index (χ4v) is 5.59. The minimum absolute atomic E-state index is 0.0472. The average Bonchev–Trinajstić information content (AvgIpc) is 2.78. The van der Waals surface area contributed by atoms with E-state index in [1.807, 2.05) is 0 Å². The first-order valence-electron chi connectivity index (χ1n) is 10.8. The lowest BCUT2D eigenvalue weighted by molar-refractivity contribution is -0.0721. The summed E-state index contributed by atoms with van der Waals surface area (Å²) in [6.07, 6.45) is 0. The molecule has 8 nitrogen and oxygen atoms in total. The number of nitrogens with zero attached hydrogens (tertiary/aromatic N) is 3. The van der Waals surface area contributed by atoms with E-state index in [2.05, 4.69) is 4.90 Å². The number of carbonyl (C=O) groups is 1. The van der Waals surface area contributed by atoms with Crippen LogP contribution in [0.2, 0.25) is 0 Å². The van der Waals surface area contributed by atoms with Gasteiger partial charge < -0.3 is 9.47 Å². The molecule has 2 saturated heterocycles. The van der Waals surface area contributed by atoms with Gasteiger partial charge in [0.05, 0.1) is 44.2 Å². The second kappa shape index (κ2) is 9.76. The molecule has 0 unspecified atom stereocenters. The Morgan fingerprint density at radius 3 is 2.33 bits per heavy atom. The number of benzene rings is 2. The van der Waals surface area contributed by atoms with Gasteiger partial charge in [-0.2, -0.15) is 12.7 Å². The van der Waals surface area contributed by atoms with Gasteiger partial charge in [-0.25, -0.2) is 9.18 Å². The molecule has 2 aliphatic heterocycles. The van der Waals surface area contributed by atoms with E-state index in [0.717, 1.165) is 0 Å². The molecule has 2 fully saturated rings. The molecular weight excluding hydrogens is 449 g/mol. The Morgan fingerprint density at radius 1 is 1.12 bits per heavy atom. The number of anilines is 1. The molecule has 0 saturated carbocycles. The molecule has 10 heteroatoms.